The van der Waals surface area contributed by atoms with Crippen LogP contribution >= 0.6 is 11.6 Å². The van der Waals surface area contributed by atoms with E-state index >= 15 is 0 Å². The van der Waals surface area contributed by atoms with Gasteiger partial charge in [0.2, 0.25) is 5.91 Å². The maximum atomic E-state index is 14.5. The van der Waals surface area contributed by atoms with Gasteiger partial charge < -0.3 is 0 Å². The minimum atomic E-state index is -1.35. The highest BCUT2D eigenvalue weighted by molar-refractivity contribution is 6.23. The first kappa shape index (κ1) is 15.0. The normalized spacial score (nSPS) is 28.8. The van der Waals surface area contributed by atoms with Crippen LogP contribution in [0, 0.1) is 5.41 Å². The Morgan fingerprint density at radius 2 is 2.00 bits per heavy atom. The molecule has 1 aliphatic carbocycles. The molecule has 0 saturated heterocycles. The van der Waals surface area contributed by atoms with Gasteiger partial charge in [-0.15, -0.1) is 11.6 Å². The molecule has 1 amide bonds. The second-order valence-corrected chi connectivity index (χ2v) is 6.43. The molecule has 2 nitrogen and oxygen atoms in total. The molecule has 3 unspecified atom stereocenters. The van der Waals surface area contributed by atoms with Gasteiger partial charge in [-0.3, -0.25) is 9.69 Å². The minimum Gasteiger partial charge on any atom is -0.282 e. The lowest BCUT2D eigenvalue weighted by atomic mass is 9.71. The maximum Gasteiger partial charge on any atom is 0.245 e. The number of rotatable bonds is 2. The molecule has 0 fully saturated rings. The number of alkyl halides is 2. The van der Waals surface area contributed by atoms with Crippen molar-refractivity contribution in [1.29, 1.82) is 0 Å². The van der Waals surface area contributed by atoms with E-state index in [4.69, 9.17) is 11.6 Å². The molecule has 4 heteroatoms. The van der Waals surface area contributed by atoms with E-state index in [1.807, 2.05) is 43.3 Å². The molecule has 22 heavy (non-hydrogen) atoms. The van der Waals surface area contributed by atoms with Gasteiger partial charge in [-0.25, -0.2) is 4.39 Å². The highest BCUT2D eigenvalue weighted by Gasteiger charge is 2.50. The van der Waals surface area contributed by atoms with Crippen molar-refractivity contribution in [2.24, 2.45) is 5.41 Å². The van der Waals surface area contributed by atoms with Gasteiger partial charge in [-0.1, -0.05) is 30.4 Å². The number of hydrogen-bond donors (Lipinski definition) is 0. The summed E-state index contributed by atoms with van der Waals surface area (Å²) in [5.41, 5.74) is 0.833. The Morgan fingerprint density at radius 3 is 2.64 bits per heavy atom. The second kappa shape index (κ2) is 5.40. The highest BCUT2D eigenvalue weighted by Crippen LogP contribution is 2.45. The first-order valence-corrected chi connectivity index (χ1v) is 7.68. The van der Waals surface area contributed by atoms with E-state index in [0.29, 0.717) is 17.0 Å². The molecular formula is C18H17ClFNO. The average Bonchev–Trinajstić information content (AvgIpc) is 2.50. The molecule has 114 valence electrons. The van der Waals surface area contributed by atoms with Gasteiger partial charge in [-0.05, 0) is 43.7 Å². The minimum absolute atomic E-state index is 0.285. The summed E-state index contributed by atoms with van der Waals surface area (Å²) in [5.74, 6) is -0.285. The number of amides is 1. The van der Waals surface area contributed by atoms with Crippen molar-refractivity contribution in [2.45, 2.75) is 25.4 Å². The topological polar surface area (TPSA) is 20.3 Å². The SMILES string of the molecule is CC(Cl)C1=CC2=CC=CC(F)C2(C)C(=O)N1c1ccccc1. The Bertz CT molecular complexity index is 692. The largest absolute Gasteiger partial charge is 0.282 e. The van der Waals surface area contributed by atoms with E-state index < -0.39 is 11.6 Å². The summed E-state index contributed by atoms with van der Waals surface area (Å²) in [7, 11) is 0. The smallest absolute Gasteiger partial charge is 0.245 e. The summed E-state index contributed by atoms with van der Waals surface area (Å²) in [6.07, 6.45) is 5.35. The lowest BCUT2D eigenvalue weighted by molar-refractivity contribution is -0.127. The fourth-order valence-corrected chi connectivity index (χ4v) is 3.09. The van der Waals surface area contributed by atoms with Crippen LogP contribution in [0.2, 0.25) is 0 Å². The zero-order chi connectivity index (χ0) is 15.9. The van der Waals surface area contributed by atoms with Gasteiger partial charge in [0.05, 0.1) is 5.38 Å². The summed E-state index contributed by atoms with van der Waals surface area (Å²) >= 11 is 6.28. The van der Waals surface area contributed by atoms with Crippen LogP contribution in [-0.2, 0) is 4.79 Å². The number of anilines is 1. The van der Waals surface area contributed by atoms with E-state index in [1.165, 1.54) is 6.08 Å². The molecule has 0 radical (unpaired) electrons. The summed E-state index contributed by atoms with van der Waals surface area (Å²) in [4.78, 5) is 14.7. The second-order valence-electron chi connectivity index (χ2n) is 5.77. The monoisotopic (exact) mass is 317 g/mol. The quantitative estimate of drug-likeness (QED) is 0.741. The standard InChI is InChI=1S/C18H17ClFNO/c1-12(19)15-11-13-7-6-10-16(20)18(13,2)17(22)21(15)14-8-4-3-5-9-14/h3-12,16H,1-2H3. The van der Waals surface area contributed by atoms with Crippen LogP contribution in [-0.4, -0.2) is 17.5 Å². The molecule has 1 heterocycles. The average molecular weight is 318 g/mol. The van der Waals surface area contributed by atoms with Gasteiger partial charge in [0, 0.05) is 11.4 Å². The fourth-order valence-electron chi connectivity index (χ4n) is 2.93. The molecular weight excluding hydrogens is 301 g/mol. The van der Waals surface area contributed by atoms with Crippen molar-refractivity contribution >= 4 is 23.2 Å². The summed E-state index contributed by atoms with van der Waals surface area (Å²) < 4.78 is 14.5. The van der Waals surface area contributed by atoms with E-state index in [0.717, 1.165) is 0 Å². The van der Waals surface area contributed by atoms with Crippen LogP contribution in [0.15, 0.2) is 65.9 Å². The van der Waals surface area contributed by atoms with Gasteiger partial charge in [0.15, 0.2) is 0 Å². The number of para-hydroxylation sites is 1. The fraction of sp³-hybridized carbons (Fsp3) is 0.278. The summed E-state index contributed by atoms with van der Waals surface area (Å²) in [5, 5.41) is -0.362. The van der Waals surface area contributed by atoms with Crippen LogP contribution in [0.4, 0.5) is 10.1 Å². The van der Waals surface area contributed by atoms with Gasteiger partial charge in [-0.2, -0.15) is 0 Å². The van der Waals surface area contributed by atoms with Crippen LogP contribution in [0.5, 0.6) is 0 Å². The Morgan fingerprint density at radius 1 is 1.32 bits per heavy atom. The van der Waals surface area contributed by atoms with Crippen LogP contribution < -0.4 is 4.90 Å². The van der Waals surface area contributed by atoms with E-state index in [9.17, 15) is 9.18 Å². The lowest BCUT2D eigenvalue weighted by Gasteiger charge is -2.43. The Kier molecular flexibility index (Phi) is 3.69. The van der Waals surface area contributed by atoms with E-state index in [-0.39, 0.29) is 11.3 Å². The first-order chi connectivity index (χ1) is 10.5. The van der Waals surface area contributed by atoms with Crippen molar-refractivity contribution in [3.8, 4) is 0 Å². The van der Waals surface area contributed by atoms with Crippen LogP contribution in [0.3, 0.4) is 0 Å². The zero-order valence-corrected chi connectivity index (χ0v) is 13.2. The maximum absolute atomic E-state index is 14.5. The van der Waals surface area contributed by atoms with E-state index in [1.54, 1.807) is 24.0 Å². The number of nitrogens with zero attached hydrogens (tertiary/aromatic N) is 1. The highest BCUT2D eigenvalue weighted by atomic mass is 35.5. The predicted molar refractivity (Wildman–Crippen MR) is 87.6 cm³/mol. The zero-order valence-electron chi connectivity index (χ0n) is 12.5. The molecule has 0 bridgehead atoms. The molecule has 0 spiro atoms. The molecule has 1 aromatic rings. The van der Waals surface area contributed by atoms with Crippen molar-refractivity contribution in [3.05, 3.63) is 65.9 Å². The number of carbonyl (C=O) groups excluding carboxylic acids is 1. The number of benzene rings is 1. The van der Waals surface area contributed by atoms with Crippen LogP contribution in [0.1, 0.15) is 13.8 Å². The summed E-state index contributed by atoms with van der Waals surface area (Å²) in [6, 6.07) is 9.23. The third-order valence-corrected chi connectivity index (χ3v) is 4.56. The number of allylic oxidation sites excluding steroid dienone is 5. The number of halogens is 2. The van der Waals surface area contributed by atoms with Crippen molar-refractivity contribution in [3.63, 3.8) is 0 Å². The Labute approximate surface area is 134 Å². The molecule has 0 aromatic heterocycles. The van der Waals surface area contributed by atoms with Gasteiger partial charge in [0.25, 0.3) is 0 Å². The number of hydrogen-bond acceptors (Lipinski definition) is 1. The third kappa shape index (κ3) is 2.12. The Balaban J connectivity index is 2.20. The molecule has 0 saturated carbocycles. The Hall–Kier alpha value is -1.87. The van der Waals surface area contributed by atoms with Crippen molar-refractivity contribution < 1.29 is 9.18 Å². The number of carbonyl (C=O) groups is 1. The number of fused-ring (bicyclic) bond motifs is 1. The molecule has 2 aliphatic rings. The van der Waals surface area contributed by atoms with Crippen LogP contribution in [0.25, 0.3) is 0 Å². The third-order valence-electron chi connectivity index (χ3n) is 4.34. The van der Waals surface area contributed by atoms with Gasteiger partial charge in [0.1, 0.15) is 11.6 Å². The van der Waals surface area contributed by atoms with Crippen molar-refractivity contribution in [1.82, 2.24) is 0 Å². The lowest BCUT2D eigenvalue weighted by Crippen LogP contribution is -2.52. The molecule has 3 atom stereocenters. The first-order valence-electron chi connectivity index (χ1n) is 7.24. The van der Waals surface area contributed by atoms with E-state index in [2.05, 4.69) is 0 Å². The molecule has 3 rings (SSSR count). The molecule has 0 N–H and O–H groups in total. The molecule has 1 aliphatic heterocycles. The molecule has 1 aromatic carbocycles. The van der Waals surface area contributed by atoms with Crippen molar-refractivity contribution in [2.75, 3.05) is 4.90 Å². The predicted octanol–water partition coefficient (Wildman–Crippen LogP) is 4.39. The summed E-state index contributed by atoms with van der Waals surface area (Å²) in [6.45, 7) is 3.46. The van der Waals surface area contributed by atoms with Gasteiger partial charge >= 0.3 is 0 Å².